The summed E-state index contributed by atoms with van der Waals surface area (Å²) in [7, 11) is 0. The summed E-state index contributed by atoms with van der Waals surface area (Å²) in [6.45, 7) is 0. The minimum Gasteiger partial charge on any atom is -0.351 e. The van der Waals surface area contributed by atoms with E-state index in [1.165, 1.54) is 24.3 Å². The molecule has 1 unspecified atom stereocenters. The van der Waals surface area contributed by atoms with Crippen LogP contribution in [-0.2, 0) is 14.4 Å². The molecule has 2 aromatic carbocycles. The molecule has 222 valence electrons. The molecule has 1 aromatic heterocycles. The molecule has 2 atom stereocenters. The van der Waals surface area contributed by atoms with E-state index in [1.54, 1.807) is 6.07 Å². The number of rotatable bonds is 7. The smallest absolute Gasteiger partial charge is 0.252 e. The fourth-order valence-electron chi connectivity index (χ4n) is 5.25. The van der Waals surface area contributed by atoms with Crippen molar-refractivity contribution in [2.45, 2.75) is 49.7 Å². The van der Waals surface area contributed by atoms with Crippen LogP contribution in [0.2, 0.25) is 5.02 Å². The van der Waals surface area contributed by atoms with Crippen LogP contribution in [0.15, 0.2) is 54.7 Å². The number of benzene rings is 2. The van der Waals surface area contributed by atoms with E-state index in [-0.39, 0.29) is 23.4 Å². The number of carbonyl (C=O) groups excluding carboxylic acids is 3. The van der Waals surface area contributed by atoms with Gasteiger partial charge in [-0.05, 0) is 30.7 Å². The Morgan fingerprint density at radius 1 is 1.12 bits per heavy atom. The molecule has 1 N–H and O–H groups in total. The van der Waals surface area contributed by atoms with Crippen molar-refractivity contribution in [3.63, 3.8) is 0 Å². The van der Waals surface area contributed by atoms with Crippen molar-refractivity contribution in [1.29, 1.82) is 5.26 Å². The summed E-state index contributed by atoms with van der Waals surface area (Å²) >= 11 is 6.41. The summed E-state index contributed by atoms with van der Waals surface area (Å²) in [5, 5.41) is 11.7. The molecule has 8 nitrogen and oxygen atoms in total. The number of pyridine rings is 1. The normalized spacial score (nSPS) is 18.5. The second-order valence-corrected chi connectivity index (χ2v) is 10.6. The molecule has 0 spiro atoms. The van der Waals surface area contributed by atoms with E-state index in [0.29, 0.717) is 11.0 Å². The summed E-state index contributed by atoms with van der Waals surface area (Å²) in [5.74, 6) is -9.82. The highest BCUT2D eigenvalue weighted by atomic mass is 35.5. The fourth-order valence-corrected chi connectivity index (χ4v) is 5.49. The van der Waals surface area contributed by atoms with E-state index >= 15 is 4.39 Å². The number of aromatic nitrogens is 1. The molecule has 0 bridgehead atoms. The van der Waals surface area contributed by atoms with Gasteiger partial charge in [-0.2, -0.15) is 5.26 Å². The molecule has 14 heteroatoms. The van der Waals surface area contributed by atoms with Gasteiger partial charge in [0.05, 0.1) is 11.3 Å². The lowest BCUT2D eigenvalue weighted by Crippen LogP contribution is -2.56. The van der Waals surface area contributed by atoms with Gasteiger partial charge in [-0.15, -0.1) is 0 Å². The van der Waals surface area contributed by atoms with Crippen LogP contribution >= 0.6 is 11.6 Å². The Bertz CT molecular complexity index is 1640. The van der Waals surface area contributed by atoms with Crippen molar-refractivity contribution in [3.05, 3.63) is 88.3 Å². The number of nitriles is 1. The predicted octanol–water partition coefficient (Wildman–Crippen LogP) is 5.21. The van der Waals surface area contributed by atoms with Crippen molar-refractivity contribution < 1.29 is 36.3 Å². The first-order valence-electron chi connectivity index (χ1n) is 13.0. The summed E-state index contributed by atoms with van der Waals surface area (Å²) in [6, 6.07) is 6.25. The molecule has 2 aliphatic rings. The molecule has 5 rings (SSSR count). The van der Waals surface area contributed by atoms with Crippen LogP contribution in [-0.4, -0.2) is 40.7 Å². The molecule has 3 aromatic rings. The second kappa shape index (κ2) is 11.6. The lowest BCUT2D eigenvalue weighted by atomic mass is 9.87. The van der Waals surface area contributed by atoms with Gasteiger partial charge in [0.2, 0.25) is 11.8 Å². The highest BCUT2D eigenvalue weighted by Crippen LogP contribution is 2.40. The molecule has 43 heavy (non-hydrogen) atoms. The Kier molecular flexibility index (Phi) is 8.07. The van der Waals surface area contributed by atoms with E-state index in [2.05, 4.69) is 10.3 Å². The number of hydrogen-bond acceptors (Lipinski definition) is 5. The Morgan fingerprint density at radius 2 is 1.79 bits per heavy atom. The molecule has 1 saturated carbocycles. The van der Waals surface area contributed by atoms with Crippen molar-refractivity contribution in [1.82, 2.24) is 10.3 Å². The summed E-state index contributed by atoms with van der Waals surface area (Å²) in [5.41, 5.74) is -0.928. The Hall–Kier alpha value is -4.57. The quantitative estimate of drug-likeness (QED) is 0.367. The molecular formula is C29H21ClF5N5O3. The largest absolute Gasteiger partial charge is 0.351 e. The fraction of sp³-hybridized carbons (Fsp3) is 0.276. The van der Waals surface area contributed by atoms with Crippen LogP contribution in [0.25, 0.3) is 0 Å². The maximum atomic E-state index is 15.2. The lowest BCUT2D eigenvalue weighted by molar-refractivity contribution is -0.133. The molecular weight excluding hydrogens is 597 g/mol. The van der Waals surface area contributed by atoms with Gasteiger partial charge >= 0.3 is 0 Å². The second-order valence-electron chi connectivity index (χ2n) is 10.2. The third kappa shape index (κ3) is 5.87. The molecule has 1 saturated heterocycles. The molecule has 0 radical (unpaired) electrons. The highest BCUT2D eigenvalue weighted by molar-refractivity contribution is 6.31. The zero-order valence-corrected chi connectivity index (χ0v) is 22.8. The number of halogens is 6. The summed E-state index contributed by atoms with van der Waals surface area (Å²) in [6.07, 6.45) is -0.739. The van der Waals surface area contributed by atoms with Gasteiger partial charge < -0.3 is 5.32 Å². The maximum Gasteiger partial charge on any atom is 0.252 e. The van der Waals surface area contributed by atoms with Crippen LogP contribution in [0.1, 0.15) is 42.9 Å². The van der Waals surface area contributed by atoms with Gasteiger partial charge in [-0.1, -0.05) is 29.8 Å². The van der Waals surface area contributed by atoms with Crippen LogP contribution in [0.3, 0.4) is 0 Å². The van der Waals surface area contributed by atoms with Crippen molar-refractivity contribution in [2.24, 2.45) is 0 Å². The van der Waals surface area contributed by atoms with E-state index < -0.39 is 89.1 Å². The van der Waals surface area contributed by atoms with Crippen LogP contribution < -0.4 is 15.1 Å². The summed E-state index contributed by atoms with van der Waals surface area (Å²) in [4.78, 5) is 46.4. The van der Waals surface area contributed by atoms with Gasteiger partial charge in [0.1, 0.15) is 29.8 Å². The van der Waals surface area contributed by atoms with E-state index in [9.17, 15) is 37.2 Å². The average Bonchev–Trinajstić information content (AvgIpc) is 3.31. The number of nitrogens with zero attached hydrogens (tertiary/aromatic N) is 4. The molecule has 3 amide bonds. The number of hydrogen-bond donors (Lipinski definition) is 1. The van der Waals surface area contributed by atoms with Crippen molar-refractivity contribution in [3.8, 4) is 6.07 Å². The Balaban J connectivity index is 1.65. The predicted molar refractivity (Wildman–Crippen MR) is 144 cm³/mol. The first-order valence-corrected chi connectivity index (χ1v) is 13.4. The van der Waals surface area contributed by atoms with Crippen molar-refractivity contribution in [2.75, 3.05) is 9.80 Å². The van der Waals surface area contributed by atoms with Gasteiger partial charge in [0.25, 0.3) is 11.8 Å². The van der Waals surface area contributed by atoms with E-state index in [4.69, 9.17) is 11.6 Å². The van der Waals surface area contributed by atoms with Crippen molar-refractivity contribution >= 4 is 40.8 Å². The lowest BCUT2D eigenvalue weighted by Gasteiger charge is -2.39. The van der Waals surface area contributed by atoms with E-state index in [0.717, 1.165) is 29.3 Å². The van der Waals surface area contributed by atoms with Crippen LogP contribution in [0.5, 0.6) is 0 Å². The van der Waals surface area contributed by atoms with Crippen LogP contribution in [0.4, 0.5) is 33.5 Å². The number of anilines is 2. The monoisotopic (exact) mass is 617 g/mol. The SMILES string of the molecule is N#Cc1ccnc(N2C(=O)CCC2C(=O)N(c2cc(F)cc(F)c2)[C@H](C(=O)NC2CC(F)(F)C2)c2ccccc2Cl)c1F. The zero-order chi connectivity index (χ0) is 31.1. The molecule has 2 fully saturated rings. The number of carbonyl (C=O) groups is 3. The number of nitrogens with one attached hydrogen (secondary N) is 1. The molecule has 2 heterocycles. The van der Waals surface area contributed by atoms with E-state index in [1.807, 2.05) is 0 Å². The van der Waals surface area contributed by atoms with Gasteiger partial charge in [0, 0.05) is 48.2 Å². The van der Waals surface area contributed by atoms with Crippen LogP contribution in [0, 0.1) is 28.8 Å². The topological polar surface area (TPSA) is 106 Å². The standard InChI is InChI=1S/C29H21ClF5N5O3/c30-21-4-2-1-3-20(21)25(27(42)38-18-12-29(34,35)13-18)39(19-10-16(31)9-17(32)11-19)28(43)22-5-6-23(41)40(22)26-24(33)15(14-36)7-8-37-26/h1-4,7-11,18,22,25H,5-6,12-13H2,(H,38,42)/t22?,25-/m0/s1. The van der Waals surface area contributed by atoms with Gasteiger partial charge in [-0.3, -0.25) is 24.2 Å². The minimum absolute atomic E-state index is 0.0163. The minimum atomic E-state index is -3.00. The first-order chi connectivity index (χ1) is 20.4. The molecule has 1 aliphatic carbocycles. The van der Waals surface area contributed by atoms with Gasteiger partial charge in [0.15, 0.2) is 11.6 Å². The van der Waals surface area contributed by atoms with Gasteiger partial charge in [-0.25, -0.2) is 26.9 Å². The molecule has 1 aliphatic heterocycles. The zero-order valence-electron chi connectivity index (χ0n) is 22.0. The first kappa shape index (κ1) is 29.9. The summed E-state index contributed by atoms with van der Waals surface area (Å²) < 4.78 is 71.4. The number of amides is 3. The Morgan fingerprint density at radius 3 is 2.42 bits per heavy atom. The third-order valence-corrected chi connectivity index (χ3v) is 7.57. The Labute approximate surface area is 246 Å². The average molecular weight is 618 g/mol. The highest BCUT2D eigenvalue weighted by Gasteiger charge is 2.49. The maximum absolute atomic E-state index is 15.2. The third-order valence-electron chi connectivity index (χ3n) is 7.22. The number of alkyl halides is 2.